The Labute approximate surface area is 101 Å². The Morgan fingerprint density at radius 3 is 2.44 bits per heavy atom. The second kappa shape index (κ2) is 4.37. The second-order valence-corrected chi connectivity index (χ2v) is 3.90. The molecule has 1 heterocycles. The van der Waals surface area contributed by atoms with Gasteiger partial charge in [0.1, 0.15) is 0 Å². The molecule has 1 aromatic carbocycles. The third-order valence-electron chi connectivity index (χ3n) is 1.98. The van der Waals surface area contributed by atoms with Crippen LogP contribution in [-0.4, -0.2) is 15.0 Å². The van der Waals surface area contributed by atoms with Gasteiger partial charge in [0.2, 0.25) is 0 Å². The highest BCUT2D eigenvalue weighted by molar-refractivity contribution is 6.35. The van der Waals surface area contributed by atoms with E-state index in [1.54, 1.807) is 6.20 Å². The van der Waals surface area contributed by atoms with Gasteiger partial charge in [0.05, 0.1) is 27.6 Å². The molecular weight excluding hydrogens is 254 g/mol. The molecule has 0 aliphatic carbocycles. The van der Waals surface area contributed by atoms with E-state index in [1.807, 2.05) is 0 Å². The summed E-state index contributed by atoms with van der Waals surface area (Å²) in [6.07, 6.45) is 1.62. The molecule has 2 rings (SSSR count). The Kier molecular flexibility index (Phi) is 3.09. The van der Waals surface area contributed by atoms with Crippen molar-refractivity contribution < 1.29 is 4.39 Å². The minimum Gasteiger partial charge on any atom is -0.325 e. The zero-order valence-electron chi connectivity index (χ0n) is 7.99. The van der Waals surface area contributed by atoms with Crippen molar-refractivity contribution in [1.82, 2.24) is 15.0 Å². The lowest BCUT2D eigenvalue weighted by Gasteiger charge is -2.03. The number of aromatic nitrogens is 3. The Balaban J connectivity index is 2.48. The number of nitrogens with zero attached hydrogens (tertiary/aromatic N) is 3. The van der Waals surface area contributed by atoms with E-state index < -0.39 is 5.82 Å². The first-order chi connectivity index (χ1) is 7.61. The van der Waals surface area contributed by atoms with E-state index in [9.17, 15) is 4.39 Å². The van der Waals surface area contributed by atoms with Crippen LogP contribution in [0.5, 0.6) is 0 Å². The Hall–Kier alpha value is -1.17. The lowest BCUT2D eigenvalue weighted by atomic mass is 10.3. The molecule has 0 radical (unpaired) electrons. The summed E-state index contributed by atoms with van der Waals surface area (Å²) in [6.45, 7) is 0.280. The molecule has 0 spiro atoms. The first kappa shape index (κ1) is 11.3. The van der Waals surface area contributed by atoms with Gasteiger partial charge in [0, 0.05) is 6.54 Å². The standard InChI is InChI=1S/C9H7Cl2FN4/c10-7-1-6(2-8(11)9(7)12)16-4-5(3-13)14-15-16/h1-2,4H,3,13H2. The van der Waals surface area contributed by atoms with Crippen LogP contribution < -0.4 is 5.73 Å². The lowest BCUT2D eigenvalue weighted by molar-refractivity contribution is 0.627. The van der Waals surface area contributed by atoms with Gasteiger partial charge in [-0.25, -0.2) is 9.07 Å². The smallest absolute Gasteiger partial charge is 0.160 e. The van der Waals surface area contributed by atoms with Crippen LogP contribution in [0.4, 0.5) is 4.39 Å². The summed E-state index contributed by atoms with van der Waals surface area (Å²) in [7, 11) is 0. The molecule has 0 fully saturated rings. The van der Waals surface area contributed by atoms with E-state index in [2.05, 4.69) is 10.3 Å². The third kappa shape index (κ3) is 2.02. The highest BCUT2D eigenvalue weighted by Gasteiger charge is 2.09. The minimum absolute atomic E-state index is 0.0627. The van der Waals surface area contributed by atoms with E-state index in [4.69, 9.17) is 28.9 Å². The second-order valence-electron chi connectivity index (χ2n) is 3.08. The van der Waals surface area contributed by atoms with Crippen LogP contribution in [0.1, 0.15) is 5.69 Å². The fourth-order valence-corrected chi connectivity index (χ4v) is 1.67. The van der Waals surface area contributed by atoms with E-state index in [0.29, 0.717) is 11.4 Å². The summed E-state index contributed by atoms with van der Waals surface area (Å²) < 4.78 is 14.6. The Bertz CT molecular complexity index is 503. The van der Waals surface area contributed by atoms with Crippen molar-refractivity contribution in [2.24, 2.45) is 5.73 Å². The number of nitrogens with two attached hydrogens (primary N) is 1. The van der Waals surface area contributed by atoms with Gasteiger partial charge in [-0.3, -0.25) is 0 Å². The highest BCUT2D eigenvalue weighted by Crippen LogP contribution is 2.26. The maximum absolute atomic E-state index is 13.2. The topological polar surface area (TPSA) is 56.7 Å². The molecule has 0 unspecified atom stereocenters. The minimum atomic E-state index is -0.647. The van der Waals surface area contributed by atoms with Gasteiger partial charge in [0.25, 0.3) is 0 Å². The monoisotopic (exact) mass is 260 g/mol. The molecule has 0 bridgehead atoms. The summed E-state index contributed by atoms with van der Waals surface area (Å²) in [6, 6.07) is 2.83. The van der Waals surface area contributed by atoms with Crippen molar-refractivity contribution in [3.05, 3.63) is 39.9 Å². The predicted molar refractivity (Wildman–Crippen MR) is 59.2 cm³/mol. The number of hydrogen-bond acceptors (Lipinski definition) is 3. The Morgan fingerprint density at radius 2 is 1.94 bits per heavy atom. The Morgan fingerprint density at radius 1 is 1.31 bits per heavy atom. The summed E-state index contributed by atoms with van der Waals surface area (Å²) in [5, 5.41) is 7.49. The molecule has 0 aliphatic rings. The first-order valence-corrected chi connectivity index (χ1v) is 5.13. The van der Waals surface area contributed by atoms with Gasteiger partial charge >= 0.3 is 0 Å². The highest BCUT2D eigenvalue weighted by atomic mass is 35.5. The van der Waals surface area contributed by atoms with Crippen molar-refractivity contribution in [3.63, 3.8) is 0 Å². The maximum atomic E-state index is 13.2. The molecule has 7 heteroatoms. The van der Waals surface area contributed by atoms with Gasteiger partial charge in [-0.1, -0.05) is 28.4 Å². The first-order valence-electron chi connectivity index (χ1n) is 4.38. The molecule has 0 saturated carbocycles. The van der Waals surface area contributed by atoms with Crippen molar-refractivity contribution >= 4 is 23.2 Å². The largest absolute Gasteiger partial charge is 0.325 e. The zero-order chi connectivity index (χ0) is 11.7. The van der Waals surface area contributed by atoms with E-state index in [-0.39, 0.29) is 16.6 Å². The average Bonchev–Trinajstić information content (AvgIpc) is 2.73. The molecule has 0 atom stereocenters. The summed E-state index contributed by atoms with van der Waals surface area (Å²) >= 11 is 11.3. The van der Waals surface area contributed by atoms with Gasteiger partial charge < -0.3 is 5.73 Å². The molecule has 2 aromatic rings. The van der Waals surface area contributed by atoms with Crippen LogP contribution in [0.15, 0.2) is 18.3 Å². The fourth-order valence-electron chi connectivity index (χ4n) is 1.19. The lowest BCUT2D eigenvalue weighted by Crippen LogP contribution is -1.96. The molecule has 0 saturated heterocycles. The molecule has 4 nitrogen and oxygen atoms in total. The quantitative estimate of drug-likeness (QED) is 0.843. The molecule has 2 N–H and O–H groups in total. The van der Waals surface area contributed by atoms with Crippen molar-refractivity contribution in [2.75, 3.05) is 0 Å². The molecule has 0 aliphatic heterocycles. The van der Waals surface area contributed by atoms with Crippen LogP contribution >= 0.6 is 23.2 Å². The molecular formula is C9H7Cl2FN4. The number of halogens is 3. The van der Waals surface area contributed by atoms with Crippen molar-refractivity contribution in [3.8, 4) is 5.69 Å². The van der Waals surface area contributed by atoms with Gasteiger partial charge in [0.15, 0.2) is 5.82 Å². The normalized spacial score (nSPS) is 10.8. The number of benzene rings is 1. The molecule has 84 valence electrons. The van der Waals surface area contributed by atoms with Gasteiger partial charge in [-0.15, -0.1) is 5.10 Å². The SMILES string of the molecule is NCc1cn(-c2cc(Cl)c(F)c(Cl)c2)nn1. The van der Waals surface area contributed by atoms with Gasteiger partial charge in [-0.05, 0) is 12.1 Å². The summed E-state index contributed by atoms with van der Waals surface area (Å²) in [5.41, 5.74) is 6.55. The fraction of sp³-hybridized carbons (Fsp3) is 0.111. The maximum Gasteiger partial charge on any atom is 0.160 e. The molecule has 16 heavy (non-hydrogen) atoms. The van der Waals surface area contributed by atoms with E-state index >= 15 is 0 Å². The van der Waals surface area contributed by atoms with Crippen LogP contribution in [0.25, 0.3) is 5.69 Å². The third-order valence-corrected chi connectivity index (χ3v) is 2.53. The molecule has 1 aromatic heterocycles. The van der Waals surface area contributed by atoms with Crippen molar-refractivity contribution in [1.29, 1.82) is 0 Å². The zero-order valence-corrected chi connectivity index (χ0v) is 9.50. The van der Waals surface area contributed by atoms with Crippen LogP contribution in [0, 0.1) is 5.82 Å². The summed E-state index contributed by atoms with van der Waals surface area (Å²) in [5.74, 6) is -0.647. The van der Waals surface area contributed by atoms with Crippen molar-refractivity contribution in [2.45, 2.75) is 6.54 Å². The number of hydrogen-bond donors (Lipinski definition) is 1. The van der Waals surface area contributed by atoms with Crippen LogP contribution in [0.2, 0.25) is 10.0 Å². The summed E-state index contributed by atoms with van der Waals surface area (Å²) in [4.78, 5) is 0. The van der Waals surface area contributed by atoms with Gasteiger partial charge in [-0.2, -0.15) is 0 Å². The average molecular weight is 261 g/mol. The predicted octanol–water partition coefficient (Wildman–Crippen LogP) is 2.17. The van der Waals surface area contributed by atoms with Crippen LogP contribution in [0.3, 0.4) is 0 Å². The number of rotatable bonds is 2. The van der Waals surface area contributed by atoms with E-state index in [0.717, 1.165) is 0 Å². The van der Waals surface area contributed by atoms with E-state index in [1.165, 1.54) is 16.8 Å². The molecule has 0 amide bonds. The van der Waals surface area contributed by atoms with Crippen LogP contribution in [-0.2, 0) is 6.54 Å².